The molecule has 0 saturated heterocycles. The van der Waals surface area contributed by atoms with Crippen molar-refractivity contribution in [3.05, 3.63) is 34.5 Å². The summed E-state index contributed by atoms with van der Waals surface area (Å²) in [6, 6.07) is 5.16. The smallest absolute Gasteiger partial charge is 0.261 e. The van der Waals surface area contributed by atoms with E-state index in [0.29, 0.717) is 16.8 Å². The van der Waals surface area contributed by atoms with E-state index in [4.69, 9.17) is 0 Å². The molecule has 0 aliphatic heterocycles. The summed E-state index contributed by atoms with van der Waals surface area (Å²) in [5.41, 5.74) is 0.719. The molecule has 2 aromatic rings. The minimum atomic E-state index is -0.267. The standard InChI is InChI=1S/C15H19FN2OS.ClH/c1-4-17-9(2)8-18-15(19)14-10(3)13-11(16)6-5-7-12(13)20-14;/h5-7,9,17H,4,8H2,1-3H3,(H,18,19);1H/t9-;/m1./s1. The number of hydrogen-bond donors (Lipinski definition) is 2. The van der Waals surface area contributed by atoms with E-state index in [-0.39, 0.29) is 30.2 Å². The zero-order chi connectivity index (χ0) is 14.7. The van der Waals surface area contributed by atoms with E-state index in [1.807, 2.05) is 19.9 Å². The molecule has 0 aliphatic rings. The number of halogens is 2. The van der Waals surface area contributed by atoms with Gasteiger partial charge in [-0.3, -0.25) is 4.79 Å². The van der Waals surface area contributed by atoms with Crippen LogP contribution in [-0.2, 0) is 0 Å². The summed E-state index contributed by atoms with van der Waals surface area (Å²) in [7, 11) is 0. The number of rotatable bonds is 5. The lowest BCUT2D eigenvalue weighted by atomic mass is 10.1. The molecule has 1 amide bonds. The Morgan fingerprint density at radius 1 is 1.43 bits per heavy atom. The minimum absolute atomic E-state index is 0. The third-order valence-electron chi connectivity index (χ3n) is 3.23. The highest BCUT2D eigenvalue weighted by Crippen LogP contribution is 2.32. The summed E-state index contributed by atoms with van der Waals surface area (Å²) in [6.45, 7) is 7.26. The number of thiophene rings is 1. The number of amides is 1. The topological polar surface area (TPSA) is 41.1 Å². The molecule has 1 aromatic heterocycles. The summed E-state index contributed by atoms with van der Waals surface area (Å²) < 4.78 is 14.6. The molecule has 3 nitrogen and oxygen atoms in total. The molecule has 0 radical (unpaired) electrons. The molecule has 0 fully saturated rings. The van der Waals surface area contributed by atoms with Crippen molar-refractivity contribution in [3.8, 4) is 0 Å². The molecule has 1 aromatic carbocycles. The predicted octanol–water partition coefficient (Wildman–Crippen LogP) is 3.50. The van der Waals surface area contributed by atoms with Gasteiger partial charge in [-0.1, -0.05) is 13.0 Å². The van der Waals surface area contributed by atoms with Gasteiger partial charge < -0.3 is 10.6 Å². The fourth-order valence-corrected chi connectivity index (χ4v) is 3.36. The zero-order valence-corrected chi connectivity index (χ0v) is 14.0. The molecule has 0 unspecified atom stereocenters. The van der Waals surface area contributed by atoms with E-state index in [9.17, 15) is 9.18 Å². The number of benzene rings is 1. The monoisotopic (exact) mass is 330 g/mol. The number of carbonyl (C=O) groups excluding carboxylic acids is 1. The third kappa shape index (κ3) is 3.93. The lowest BCUT2D eigenvalue weighted by Gasteiger charge is -2.12. The van der Waals surface area contributed by atoms with Gasteiger partial charge in [0.1, 0.15) is 5.82 Å². The van der Waals surface area contributed by atoms with Gasteiger partial charge in [0.25, 0.3) is 5.91 Å². The molecule has 21 heavy (non-hydrogen) atoms. The Kier molecular flexibility index (Phi) is 6.58. The predicted molar refractivity (Wildman–Crippen MR) is 89.2 cm³/mol. The number of fused-ring (bicyclic) bond motifs is 1. The van der Waals surface area contributed by atoms with E-state index < -0.39 is 0 Å². The van der Waals surface area contributed by atoms with Crippen LogP contribution in [-0.4, -0.2) is 25.0 Å². The van der Waals surface area contributed by atoms with Crippen molar-refractivity contribution >= 4 is 39.7 Å². The van der Waals surface area contributed by atoms with Gasteiger partial charge in [-0.25, -0.2) is 4.39 Å². The van der Waals surface area contributed by atoms with Gasteiger partial charge in [0.15, 0.2) is 0 Å². The lowest BCUT2D eigenvalue weighted by Crippen LogP contribution is -2.38. The van der Waals surface area contributed by atoms with E-state index in [1.165, 1.54) is 17.4 Å². The van der Waals surface area contributed by atoms with Crippen molar-refractivity contribution in [1.29, 1.82) is 0 Å². The fraction of sp³-hybridized carbons (Fsp3) is 0.400. The average molecular weight is 331 g/mol. The quantitative estimate of drug-likeness (QED) is 0.881. The van der Waals surface area contributed by atoms with E-state index in [2.05, 4.69) is 10.6 Å². The van der Waals surface area contributed by atoms with Gasteiger partial charge in [0.05, 0.1) is 4.88 Å². The number of aryl methyl sites for hydroxylation is 1. The van der Waals surface area contributed by atoms with Gasteiger partial charge in [0.2, 0.25) is 0 Å². The fourth-order valence-electron chi connectivity index (χ4n) is 2.22. The van der Waals surface area contributed by atoms with Crippen LogP contribution in [0.25, 0.3) is 10.1 Å². The van der Waals surface area contributed by atoms with Crippen LogP contribution >= 0.6 is 23.7 Å². The van der Waals surface area contributed by atoms with Gasteiger partial charge in [-0.15, -0.1) is 23.7 Å². The molecule has 0 aliphatic carbocycles. The summed E-state index contributed by atoms with van der Waals surface area (Å²) in [5, 5.41) is 6.68. The molecule has 0 saturated carbocycles. The van der Waals surface area contributed by atoms with Crippen LogP contribution in [0.4, 0.5) is 4.39 Å². The largest absolute Gasteiger partial charge is 0.350 e. The molecular formula is C15H20ClFN2OS. The molecule has 1 atom stereocenters. The second-order valence-corrected chi connectivity index (χ2v) is 5.89. The minimum Gasteiger partial charge on any atom is -0.350 e. The second kappa shape index (κ2) is 7.73. The summed E-state index contributed by atoms with van der Waals surface area (Å²) in [6.07, 6.45) is 0. The summed E-state index contributed by atoms with van der Waals surface area (Å²) in [5.74, 6) is -0.399. The van der Waals surface area contributed by atoms with Crippen LogP contribution in [0.5, 0.6) is 0 Å². The Morgan fingerprint density at radius 3 is 2.76 bits per heavy atom. The van der Waals surface area contributed by atoms with Crippen LogP contribution in [0.2, 0.25) is 0 Å². The molecule has 2 N–H and O–H groups in total. The Bertz CT molecular complexity index is 629. The number of hydrogen-bond acceptors (Lipinski definition) is 3. The van der Waals surface area contributed by atoms with Gasteiger partial charge in [-0.05, 0) is 38.1 Å². The highest BCUT2D eigenvalue weighted by atomic mass is 35.5. The van der Waals surface area contributed by atoms with Crippen molar-refractivity contribution < 1.29 is 9.18 Å². The summed E-state index contributed by atoms with van der Waals surface area (Å²) >= 11 is 1.34. The van der Waals surface area contributed by atoms with E-state index in [1.54, 1.807) is 13.0 Å². The van der Waals surface area contributed by atoms with Crippen LogP contribution < -0.4 is 10.6 Å². The first kappa shape index (κ1) is 17.9. The Balaban J connectivity index is 0.00000220. The van der Waals surface area contributed by atoms with Crippen molar-refractivity contribution in [2.75, 3.05) is 13.1 Å². The Labute approximate surface area is 134 Å². The van der Waals surface area contributed by atoms with Gasteiger partial charge in [0, 0.05) is 22.7 Å². The normalized spacial score (nSPS) is 12.0. The second-order valence-electron chi connectivity index (χ2n) is 4.84. The van der Waals surface area contributed by atoms with Gasteiger partial charge in [-0.2, -0.15) is 0 Å². The maximum Gasteiger partial charge on any atom is 0.261 e. The average Bonchev–Trinajstić information content (AvgIpc) is 2.75. The highest BCUT2D eigenvalue weighted by molar-refractivity contribution is 7.21. The van der Waals surface area contributed by atoms with E-state index in [0.717, 1.165) is 16.8 Å². The molecule has 0 spiro atoms. The van der Waals surface area contributed by atoms with Crippen LogP contribution in [0.1, 0.15) is 29.1 Å². The van der Waals surface area contributed by atoms with Crippen molar-refractivity contribution in [2.45, 2.75) is 26.8 Å². The molecule has 2 rings (SSSR count). The number of carbonyl (C=O) groups is 1. The van der Waals surface area contributed by atoms with Crippen molar-refractivity contribution in [1.82, 2.24) is 10.6 Å². The number of nitrogens with one attached hydrogen (secondary N) is 2. The zero-order valence-electron chi connectivity index (χ0n) is 12.3. The summed E-state index contributed by atoms with van der Waals surface area (Å²) in [4.78, 5) is 12.8. The van der Waals surface area contributed by atoms with Gasteiger partial charge >= 0.3 is 0 Å². The first-order valence-corrected chi connectivity index (χ1v) is 7.55. The highest BCUT2D eigenvalue weighted by Gasteiger charge is 2.17. The first-order chi connectivity index (χ1) is 9.54. The molecular weight excluding hydrogens is 311 g/mol. The van der Waals surface area contributed by atoms with Crippen molar-refractivity contribution in [2.24, 2.45) is 0 Å². The molecule has 6 heteroatoms. The Morgan fingerprint density at radius 2 is 2.14 bits per heavy atom. The first-order valence-electron chi connectivity index (χ1n) is 6.73. The van der Waals surface area contributed by atoms with E-state index >= 15 is 0 Å². The van der Waals surface area contributed by atoms with Crippen LogP contribution in [0.15, 0.2) is 18.2 Å². The lowest BCUT2D eigenvalue weighted by molar-refractivity contribution is 0.0954. The number of likely N-dealkylation sites (N-methyl/N-ethyl adjacent to an activating group) is 1. The van der Waals surface area contributed by atoms with Crippen molar-refractivity contribution in [3.63, 3.8) is 0 Å². The maximum absolute atomic E-state index is 13.8. The third-order valence-corrected chi connectivity index (χ3v) is 4.49. The molecule has 0 bridgehead atoms. The van der Waals surface area contributed by atoms with Crippen LogP contribution in [0.3, 0.4) is 0 Å². The Hall–Kier alpha value is -1.17. The maximum atomic E-state index is 13.8. The van der Waals surface area contributed by atoms with Crippen LogP contribution in [0, 0.1) is 12.7 Å². The SMILES string of the molecule is CCN[C@H](C)CNC(=O)c1sc2cccc(F)c2c1C.Cl. The molecule has 1 heterocycles. The molecule has 116 valence electrons.